The van der Waals surface area contributed by atoms with Crippen molar-refractivity contribution in [1.29, 1.82) is 5.26 Å². The first-order chi connectivity index (χ1) is 4.26. The number of nitrogens with zero attached hydrogens (tertiary/aromatic N) is 2. The summed E-state index contributed by atoms with van der Waals surface area (Å²) in [6.45, 7) is 9.32. The SMILES string of the molecule is C=C(C#N)N(CC)CC. The molecular formula is C7H12N2. The third-order valence-electron chi connectivity index (χ3n) is 1.27. The quantitative estimate of drug-likeness (QED) is 0.531. The van der Waals surface area contributed by atoms with Crippen LogP contribution in [0, 0.1) is 11.3 Å². The Kier molecular flexibility index (Phi) is 3.54. The Hall–Kier alpha value is -0.970. The maximum Gasteiger partial charge on any atom is 0.116 e. The Morgan fingerprint density at radius 3 is 2.11 bits per heavy atom. The van der Waals surface area contributed by atoms with Crippen LogP contribution in [0.25, 0.3) is 0 Å². The third kappa shape index (κ3) is 2.18. The van der Waals surface area contributed by atoms with Crippen molar-refractivity contribution in [3.63, 3.8) is 0 Å². The average molecular weight is 124 g/mol. The summed E-state index contributed by atoms with van der Waals surface area (Å²) in [5, 5.41) is 8.38. The lowest BCUT2D eigenvalue weighted by Crippen LogP contribution is -2.20. The second kappa shape index (κ2) is 3.96. The molecule has 9 heavy (non-hydrogen) atoms. The molecule has 0 aromatic carbocycles. The lowest BCUT2D eigenvalue weighted by Gasteiger charge is -2.17. The fourth-order valence-corrected chi connectivity index (χ4v) is 0.676. The molecule has 2 nitrogen and oxygen atoms in total. The molecule has 0 saturated heterocycles. The fourth-order valence-electron chi connectivity index (χ4n) is 0.676. The summed E-state index contributed by atoms with van der Waals surface area (Å²) in [4.78, 5) is 1.92. The highest BCUT2D eigenvalue weighted by molar-refractivity contribution is 5.13. The van der Waals surface area contributed by atoms with Crippen molar-refractivity contribution in [3.05, 3.63) is 12.3 Å². The number of allylic oxidation sites excluding steroid dienone is 1. The Labute approximate surface area is 56.4 Å². The van der Waals surface area contributed by atoms with Gasteiger partial charge in [-0.3, -0.25) is 0 Å². The minimum atomic E-state index is 0.556. The van der Waals surface area contributed by atoms with Crippen LogP contribution in [0.1, 0.15) is 13.8 Å². The predicted molar refractivity (Wildman–Crippen MR) is 37.7 cm³/mol. The number of rotatable bonds is 3. The molecule has 0 atom stereocenters. The molecule has 0 bridgehead atoms. The summed E-state index contributed by atoms with van der Waals surface area (Å²) in [5.74, 6) is 0. The van der Waals surface area contributed by atoms with Crippen LogP contribution >= 0.6 is 0 Å². The minimum absolute atomic E-state index is 0.556. The standard InChI is InChI=1S/C7H12N2/c1-4-9(5-2)7(3)6-8/h3-5H2,1-2H3. The lowest BCUT2D eigenvalue weighted by molar-refractivity contribution is 0.399. The van der Waals surface area contributed by atoms with Gasteiger partial charge in [-0.05, 0) is 13.8 Å². The summed E-state index contributed by atoms with van der Waals surface area (Å²) in [6.07, 6.45) is 0. The van der Waals surface area contributed by atoms with Gasteiger partial charge in [0.2, 0.25) is 0 Å². The van der Waals surface area contributed by atoms with Crippen molar-refractivity contribution in [2.45, 2.75) is 13.8 Å². The van der Waals surface area contributed by atoms with Crippen molar-refractivity contribution in [2.24, 2.45) is 0 Å². The molecular weight excluding hydrogens is 112 g/mol. The first-order valence-corrected chi connectivity index (χ1v) is 3.10. The molecule has 0 aromatic heterocycles. The van der Waals surface area contributed by atoms with Crippen LogP contribution in [-0.4, -0.2) is 18.0 Å². The number of hydrogen-bond donors (Lipinski definition) is 0. The van der Waals surface area contributed by atoms with Crippen molar-refractivity contribution >= 4 is 0 Å². The Balaban J connectivity index is 3.83. The molecule has 0 aromatic rings. The maximum atomic E-state index is 8.38. The van der Waals surface area contributed by atoms with Gasteiger partial charge in [-0.2, -0.15) is 5.26 Å². The summed E-state index contributed by atoms with van der Waals surface area (Å²) in [5.41, 5.74) is 0.556. The van der Waals surface area contributed by atoms with Gasteiger partial charge in [-0.15, -0.1) is 0 Å². The smallest absolute Gasteiger partial charge is 0.116 e. The second-order valence-electron chi connectivity index (χ2n) is 1.73. The van der Waals surface area contributed by atoms with E-state index in [9.17, 15) is 0 Å². The predicted octanol–water partition coefficient (Wildman–Crippen LogP) is 1.37. The molecule has 2 heteroatoms. The molecule has 0 fully saturated rings. The van der Waals surface area contributed by atoms with Crippen molar-refractivity contribution in [2.75, 3.05) is 13.1 Å². The van der Waals surface area contributed by atoms with Crippen LogP contribution in [0.2, 0.25) is 0 Å². The Bertz CT molecular complexity index is 128. The fraction of sp³-hybridized carbons (Fsp3) is 0.571. The molecule has 50 valence electrons. The van der Waals surface area contributed by atoms with E-state index in [4.69, 9.17) is 5.26 Å². The molecule has 0 aliphatic rings. The third-order valence-corrected chi connectivity index (χ3v) is 1.27. The zero-order chi connectivity index (χ0) is 7.28. The van der Waals surface area contributed by atoms with E-state index in [0.717, 1.165) is 13.1 Å². The largest absolute Gasteiger partial charge is 0.364 e. The van der Waals surface area contributed by atoms with E-state index in [0.29, 0.717) is 5.70 Å². The highest BCUT2D eigenvalue weighted by atomic mass is 15.1. The molecule has 0 N–H and O–H groups in total. The van der Waals surface area contributed by atoms with Gasteiger partial charge < -0.3 is 4.90 Å². The zero-order valence-electron chi connectivity index (χ0n) is 6.02. The highest BCUT2D eigenvalue weighted by Crippen LogP contribution is 1.96. The molecule has 0 aliphatic heterocycles. The molecule has 0 radical (unpaired) electrons. The summed E-state index contributed by atoms with van der Waals surface area (Å²) >= 11 is 0. The summed E-state index contributed by atoms with van der Waals surface area (Å²) in [7, 11) is 0. The van der Waals surface area contributed by atoms with E-state index in [2.05, 4.69) is 6.58 Å². The van der Waals surface area contributed by atoms with Gasteiger partial charge in [0.1, 0.15) is 11.8 Å². The van der Waals surface area contributed by atoms with Crippen molar-refractivity contribution in [3.8, 4) is 6.07 Å². The average Bonchev–Trinajstić information content (AvgIpc) is 1.90. The molecule has 0 unspecified atom stereocenters. The van der Waals surface area contributed by atoms with E-state index in [-0.39, 0.29) is 0 Å². The van der Waals surface area contributed by atoms with Crippen LogP contribution < -0.4 is 0 Å². The van der Waals surface area contributed by atoms with Crippen molar-refractivity contribution in [1.82, 2.24) is 4.90 Å². The number of nitriles is 1. The van der Waals surface area contributed by atoms with Crippen LogP contribution in [0.4, 0.5) is 0 Å². The normalized spacial score (nSPS) is 8.11. The monoisotopic (exact) mass is 124 g/mol. The maximum absolute atomic E-state index is 8.38. The first-order valence-electron chi connectivity index (χ1n) is 3.10. The molecule has 0 saturated carbocycles. The van der Waals surface area contributed by atoms with Gasteiger partial charge in [-0.25, -0.2) is 0 Å². The molecule has 0 amide bonds. The molecule has 0 spiro atoms. The minimum Gasteiger partial charge on any atom is -0.364 e. The summed E-state index contributed by atoms with van der Waals surface area (Å²) in [6, 6.07) is 2.00. The van der Waals surface area contributed by atoms with Crippen molar-refractivity contribution < 1.29 is 0 Å². The van der Waals surface area contributed by atoms with Crippen LogP contribution in [0.15, 0.2) is 12.3 Å². The molecule has 0 aliphatic carbocycles. The van der Waals surface area contributed by atoms with Gasteiger partial charge in [0.05, 0.1) is 0 Å². The summed E-state index contributed by atoms with van der Waals surface area (Å²) < 4.78 is 0. The van der Waals surface area contributed by atoms with Gasteiger partial charge in [0.15, 0.2) is 0 Å². The van der Waals surface area contributed by atoms with Gasteiger partial charge in [0, 0.05) is 13.1 Å². The molecule has 0 rings (SSSR count). The van der Waals surface area contributed by atoms with Gasteiger partial charge in [-0.1, -0.05) is 6.58 Å². The van der Waals surface area contributed by atoms with Crippen LogP contribution in [0.3, 0.4) is 0 Å². The first kappa shape index (κ1) is 8.03. The van der Waals surface area contributed by atoms with E-state index < -0.39 is 0 Å². The van der Waals surface area contributed by atoms with Crippen LogP contribution in [-0.2, 0) is 0 Å². The Morgan fingerprint density at radius 2 is 2.00 bits per heavy atom. The Morgan fingerprint density at radius 1 is 1.56 bits per heavy atom. The van der Waals surface area contributed by atoms with E-state index in [1.807, 2.05) is 24.8 Å². The topological polar surface area (TPSA) is 27.0 Å². The van der Waals surface area contributed by atoms with Gasteiger partial charge in [0.25, 0.3) is 0 Å². The van der Waals surface area contributed by atoms with E-state index in [1.165, 1.54) is 0 Å². The molecule has 0 heterocycles. The van der Waals surface area contributed by atoms with E-state index in [1.54, 1.807) is 0 Å². The zero-order valence-corrected chi connectivity index (χ0v) is 6.02. The number of hydrogen-bond acceptors (Lipinski definition) is 2. The van der Waals surface area contributed by atoms with Gasteiger partial charge >= 0.3 is 0 Å². The second-order valence-corrected chi connectivity index (χ2v) is 1.73. The lowest BCUT2D eigenvalue weighted by atomic mass is 10.4. The van der Waals surface area contributed by atoms with E-state index >= 15 is 0 Å². The highest BCUT2D eigenvalue weighted by Gasteiger charge is 1.98. The van der Waals surface area contributed by atoms with Crippen LogP contribution in [0.5, 0.6) is 0 Å².